The summed E-state index contributed by atoms with van der Waals surface area (Å²) in [6, 6.07) is 4.19. The Kier molecular flexibility index (Phi) is 5.99. The van der Waals surface area contributed by atoms with E-state index in [1.165, 1.54) is 4.88 Å². The fourth-order valence-electron chi connectivity index (χ4n) is 2.09. The Morgan fingerprint density at radius 3 is 2.48 bits per heavy atom. The minimum Gasteiger partial charge on any atom is -0.370 e. The number of aromatic nitrogens is 2. The number of halogens is 1. The average molecular weight is 369 g/mol. The predicted octanol–water partition coefficient (Wildman–Crippen LogP) is 4.86. The standard InChI is InChI=1S/C15H21BrN4S/c1-4-7-17-14-13(10(2)3)15(20-9-19-14)18-8-11-5-6-12(16)21-11/h5-6,9-10H,4,7-8H2,1-3H3,(H2,17,18,19,20). The molecule has 0 radical (unpaired) electrons. The van der Waals surface area contributed by atoms with Crippen molar-refractivity contribution in [2.75, 3.05) is 17.2 Å². The molecule has 21 heavy (non-hydrogen) atoms. The van der Waals surface area contributed by atoms with Gasteiger partial charge in [-0.3, -0.25) is 0 Å². The number of hydrogen-bond acceptors (Lipinski definition) is 5. The molecule has 6 heteroatoms. The fourth-order valence-corrected chi connectivity index (χ4v) is 3.51. The zero-order valence-corrected chi connectivity index (χ0v) is 15.0. The summed E-state index contributed by atoms with van der Waals surface area (Å²) in [5, 5.41) is 6.83. The van der Waals surface area contributed by atoms with E-state index in [4.69, 9.17) is 0 Å². The van der Waals surface area contributed by atoms with Crippen molar-refractivity contribution in [1.29, 1.82) is 0 Å². The second kappa shape index (κ2) is 7.75. The summed E-state index contributed by atoms with van der Waals surface area (Å²) in [6.45, 7) is 8.19. The smallest absolute Gasteiger partial charge is 0.135 e. The van der Waals surface area contributed by atoms with E-state index in [1.807, 2.05) is 0 Å². The van der Waals surface area contributed by atoms with E-state index in [0.29, 0.717) is 5.92 Å². The summed E-state index contributed by atoms with van der Waals surface area (Å²) in [7, 11) is 0. The molecule has 2 aromatic rings. The Bertz CT molecular complexity index is 583. The van der Waals surface area contributed by atoms with Crippen LogP contribution in [0.1, 0.15) is 43.6 Å². The van der Waals surface area contributed by atoms with Crippen LogP contribution < -0.4 is 10.6 Å². The van der Waals surface area contributed by atoms with E-state index in [0.717, 1.165) is 40.5 Å². The van der Waals surface area contributed by atoms with Crippen molar-refractivity contribution >= 4 is 38.9 Å². The quantitative estimate of drug-likeness (QED) is 0.732. The van der Waals surface area contributed by atoms with Gasteiger partial charge in [-0.05, 0) is 40.4 Å². The Hall–Kier alpha value is -1.14. The molecule has 2 heterocycles. The molecule has 2 N–H and O–H groups in total. The molecule has 114 valence electrons. The first-order chi connectivity index (χ1) is 10.1. The maximum Gasteiger partial charge on any atom is 0.135 e. The first-order valence-electron chi connectivity index (χ1n) is 7.18. The molecule has 0 spiro atoms. The van der Waals surface area contributed by atoms with Crippen LogP contribution in [-0.2, 0) is 6.54 Å². The molecule has 0 fully saturated rings. The average Bonchev–Trinajstić information content (AvgIpc) is 2.88. The molecule has 2 aromatic heterocycles. The molecule has 0 aliphatic carbocycles. The van der Waals surface area contributed by atoms with E-state index in [-0.39, 0.29) is 0 Å². The number of thiophene rings is 1. The third-order valence-corrected chi connectivity index (χ3v) is 4.69. The lowest BCUT2D eigenvalue weighted by atomic mass is 10.0. The third kappa shape index (κ3) is 4.41. The summed E-state index contributed by atoms with van der Waals surface area (Å²) in [5.74, 6) is 2.22. The van der Waals surface area contributed by atoms with Crippen molar-refractivity contribution in [3.8, 4) is 0 Å². The first kappa shape index (κ1) is 16.2. The normalized spacial score (nSPS) is 10.9. The lowest BCUT2D eigenvalue weighted by Gasteiger charge is -2.17. The van der Waals surface area contributed by atoms with Crippen LogP contribution in [0.4, 0.5) is 11.6 Å². The maximum atomic E-state index is 4.42. The molecule has 0 aliphatic rings. The Morgan fingerprint density at radius 1 is 1.19 bits per heavy atom. The van der Waals surface area contributed by atoms with E-state index in [9.17, 15) is 0 Å². The first-order valence-corrected chi connectivity index (χ1v) is 8.79. The zero-order chi connectivity index (χ0) is 15.2. The number of rotatable bonds is 7. The molecular formula is C15H21BrN4S. The third-order valence-electron chi connectivity index (χ3n) is 3.06. The number of nitrogens with zero attached hydrogens (tertiary/aromatic N) is 2. The van der Waals surface area contributed by atoms with Crippen molar-refractivity contribution in [1.82, 2.24) is 9.97 Å². The molecule has 0 bridgehead atoms. The van der Waals surface area contributed by atoms with E-state index < -0.39 is 0 Å². The van der Waals surface area contributed by atoms with Crippen molar-refractivity contribution in [2.24, 2.45) is 0 Å². The molecule has 0 aromatic carbocycles. The molecule has 0 atom stereocenters. The number of hydrogen-bond donors (Lipinski definition) is 2. The zero-order valence-electron chi connectivity index (χ0n) is 12.6. The Labute approximate surface area is 138 Å². The summed E-state index contributed by atoms with van der Waals surface area (Å²) in [6.07, 6.45) is 2.70. The molecule has 2 rings (SSSR count). The fraction of sp³-hybridized carbons (Fsp3) is 0.467. The predicted molar refractivity (Wildman–Crippen MR) is 94.2 cm³/mol. The van der Waals surface area contributed by atoms with Gasteiger partial charge in [0.05, 0.1) is 10.3 Å². The van der Waals surface area contributed by atoms with Crippen LogP contribution in [0.2, 0.25) is 0 Å². The van der Waals surface area contributed by atoms with Gasteiger partial charge in [-0.1, -0.05) is 20.8 Å². The van der Waals surface area contributed by atoms with Gasteiger partial charge in [-0.2, -0.15) is 0 Å². The van der Waals surface area contributed by atoms with Crippen molar-refractivity contribution in [3.63, 3.8) is 0 Å². The summed E-state index contributed by atoms with van der Waals surface area (Å²) < 4.78 is 1.15. The second-order valence-electron chi connectivity index (χ2n) is 5.13. The maximum absolute atomic E-state index is 4.42. The van der Waals surface area contributed by atoms with Crippen molar-refractivity contribution in [3.05, 3.63) is 32.7 Å². The van der Waals surface area contributed by atoms with Gasteiger partial charge < -0.3 is 10.6 Å². The van der Waals surface area contributed by atoms with Crippen molar-refractivity contribution < 1.29 is 0 Å². The van der Waals surface area contributed by atoms with Crippen LogP contribution >= 0.6 is 27.3 Å². The summed E-state index contributed by atoms with van der Waals surface area (Å²) in [5.41, 5.74) is 1.15. The molecular weight excluding hydrogens is 348 g/mol. The van der Waals surface area contributed by atoms with Gasteiger partial charge in [0.15, 0.2) is 0 Å². The summed E-state index contributed by atoms with van der Waals surface area (Å²) in [4.78, 5) is 10.1. The van der Waals surface area contributed by atoms with Crippen LogP contribution in [0.15, 0.2) is 22.2 Å². The van der Waals surface area contributed by atoms with E-state index >= 15 is 0 Å². The lowest BCUT2D eigenvalue weighted by molar-refractivity contribution is 0.839. The molecule has 0 amide bonds. The number of anilines is 2. The largest absolute Gasteiger partial charge is 0.370 e. The van der Waals surface area contributed by atoms with Gasteiger partial charge in [-0.25, -0.2) is 9.97 Å². The highest BCUT2D eigenvalue weighted by molar-refractivity contribution is 9.11. The SMILES string of the molecule is CCCNc1ncnc(NCc2ccc(Br)s2)c1C(C)C. The minimum absolute atomic E-state index is 0.364. The van der Waals surface area contributed by atoms with Gasteiger partial charge in [0.2, 0.25) is 0 Å². The van der Waals surface area contributed by atoms with Gasteiger partial charge in [0.1, 0.15) is 18.0 Å². The molecule has 0 saturated heterocycles. The van der Waals surface area contributed by atoms with Gasteiger partial charge in [0, 0.05) is 17.0 Å². The van der Waals surface area contributed by atoms with Crippen LogP contribution in [0, 0.1) is 0 Å². The van der Waals surface area contributed by atoms with Crippen LogP contribution in [-0.4, -0.2) is 16.5 Å². The van der Waals surface area contributed by atoms with Gasteiger partial charge in [0.25, 0.3) is 0 Å². The van der Waals surface area contributed by atoms with Gasteiger partial charge in [-0.15, -0.1) is 11.3 Å². The van der Waals surface area contributed by atoms with Crippen LogP contribution in [0.25, 0.3) is 0 Å². The molecule has 0 aliphatic heterocycles. The van der Waals surface area contributed by atoms with E-state index in [1.54, 1.807) is 17.7 Å². The van der Waals surface area contributed by atoms with E-state index in [2.05, 4.69) is 69.4 Å². The molecule has 4 nitrogen and oxygen atoms in total. The minimum atomic E-state index is 0.364. The van der Waals surface area contributed by atoms with Crippen molar-refractivity contribution in [2.45, 2.75) is 39.7 Å². The summed E-state index contributed by atoms with van der Waals surface area (Å²) >= 11 is 5.23. The van der Waals surface area contributed by atoms with Crippen LogP contribution in [0.5, 0.6) is 0 Å². The van der Waals surface area contributed by atoms with Gasteiger partial charge >= 0.3 is 0 Å². The molecule has 0 saturated carbocycles. The highest BCUT2D eigenvalue weighted by Crippen LogP contribution is 2.29. The highest BCUT2D eigenvalue weighted by Gasteiger charge is 2.14. The second-order valence-corrected chi connectivity index (χ2v) is 7.67. The molecule has 0 unspecified atom stereocenters. The Morgan fingerprint density at radius 2 is 1.90 bits per heavy atom. The highest BCUT2D eigenvalue weighted by atomic mass is 79.9. The monoisotopic (exact) mass is 368 g/mol. The number of nitrogens with one attached hydrogen (secondary N) is 2. The lowest BCUT2D eigenvalue weighted by Crippen LogP contribution is -2.11. The van der Waals surface area contributed by atoms with Crippen LogP contribution in [0.3, 0.4) is 0 Å². The Balaban J connectivity index is 2.17. The topological polar surface area (TPSA) is 49.8 Å².